The van der Waals surface area contributed by atoms with Gasteiger partial charge in [-0.05, 0) is 18.1 Å². The van der Waals surface area contributed by atoms with Crippen LogP contribution in [0.1, 0.15) is 19.5 Å². The molecule has 0 N–H and O–H groups in total. The predicted octanol–water partition coefficient (Wildman–Crippen LogP) is 1.06. The molecular formula is C11H14N2O2S. The van der Waals surface area contributed by atoms with Crippen molar-refractivity contribution in [3.8, 4) is 11.2 Å². The first-order valence-corrected chi connectivity index (χ1v) is 6.48. The topological polar surface area (TPSA) is 50.3 Å². The summed E-state index contributed by atoms with van der Waals surface area (Å²) in [6, 6.07) is 5.19. The number of pyridine rings is 1. The molecule has 4 nitrogen and oxygen atoms in total. The van der Waals surface area contributed by atoms with Gasteiger partial charge < -0.3 is 0 Å². The molecule has 1 aromatic rings. The van der Waals surface area contributed by atoms with E-state index < -0.39 is 10.0 Å². The minimum absolute atomic E-state index is 0.426. The largest absolute Gasteiger partial charge is 0.283 e. The van der Waals surface area contributed by atoms with E-state index >= 15 is 0 Å². The van der Waals surface area contributed by atoms with E-state index in [1.54, 1.807) is 38.2 Å². The van der Waals surface area contributed by atoms with Crippen molar-refractivity contribution in [2.24, 2.45) is 0 Å². The molecule has 0 fully saturated rings. The lowest BCUT2D eigenvalue weighted by molar-refractivity contribution is 0.454. The van der Waals surface area contributed by atoms with Gasteiger partial charge in [-0.15, -0.1) is 0 Å². The molecule has 1 heterocycles. The fraction of sp³-hybridized carbons (Fsp3) is 0.364. The average molecular weight is 238 g/mol. The van der Waals surface area contributed by atoms with Gasteiger partial charge >= 0.3 is 0 Å². The average Bonchev–Trinajstić information content (AvgIpc) is 2.29. The molecule has 0 unspecified atom stereocenters. The highest BCUT2D eigenvalue weighted by atomic mass is 32.2. The van der Waals surface area contributed by atoms with Crippen molar-refractivity contribution in [2.45, 2.75) is 13.8 Å². The van der Waals surface area contributed by atoms with Gasteiger partial charge in [-0.2, -0.15) is 12.7 Å². The zero-order valence-corrected chi connectivity index (χ0v) is 10.2. The number of hydrogen-bond donors (Lipinski definition) is 0. The molecule has 1 rings (SSSR count). The second-order valence-electron chi connectivity index (χ2n) is 3.03. The smallest absolute Gasteiger partial charge is 0.248 e. The zero-order chi connectivity index (χ0) is 12.0. The van der Waals surface area contributed by atoms with Crippen LogP contribution in [-0.4, -0.2) is 30.8 Å². The van der Waals surface area contributed by atoms with Gasteiger partial charge in [-0.1, -0.05) is 19.9 Å². The second kappa shape index (κ2) is 5.64. The van der Waals surface area contributed by atoms with E-state index in [0.29, 0.717) is 18.8 Å². The van der Waals surface area contributed by atoms with Crippen LogP contribution < -0.4 is 0 Å². The predicted molar refractivity (Wildman–Crippen MR) is 63.0 cm³/mol. The monoisotopic (exact) mass is 238 g/mol. The Labute approximate surface area is 96.4 Å². The molecule has 0 aliphatic rings. The standard InChI is InChI=1S/C11H14N2O2S/c1-3-13(4-2)16(14,15)10-8-11-7-5-6-9-12-11/h5-7,9H,3-4H2,1-2H3. The lowest BCUT2D eigenvalue weighted by Crippen LogP contribution is -2.29. The third kappa shape index (κ3) is 3.33. The van der Waals surface area contributed by atoms with Gasteiger partial charge in [0.2, 0.25) is 0 Å². The summed E-state index contributed by atoms with van der Waals surface area (Å²) in [5, 5.41) is 2.26. The van der Waals surface area contributed by atoms with Crippen LogP contribution in [0.4, 0.5) is 0 Å². The summed E-state index contributed by atoms with van der Waals surface area (Å²) in [6.07, 6.45) is 1.58. The van der Waals surface area contributed by atoms with E-state index in [1.165, 1.54) is 4.31 Å². The van der Waals surface area contributed by atoms with Crippen molar-refractivity contribution < 1.29 is 8.42 Å². The van der Waals surface area contributed by atoms with Gasteiger partial charge in [0, 0.05) is 19.3 Å². The SMILES string of the molecule is CCN(CC)S(=O)(=O)C#Cc1ccccn1. The maximum atomic E-state index is 11.7. The van der Waals surface area contributed by atoms with Crippen LogP contribution in [0.25, 0.3) is 0 Å². The summed E-state index contributed by atoms with van der Waals surface area (Å²) in [6.45, 7) is 4.42. The minimum Gasteiger partial charge on any atom is -0.248 e. The molecule has 0 aliphatic carbocycles. The summed E-state index contributed by atoms with van der Waals surface area (Å²) in [5.41, 5.74) is 0.457. The summed E-state index contributed by atoms with van der Waals surface area (Å²) in [5.74, 6) is 2.54. The van der Waals surface area contributed by atoms with Gasteiger partial charge in [-0.25, -0.2) is 4.98 Å². The summed E-state index contributed by atoms with van der Waals surface area (Å²) in [4.78, 5) is 3.94. The van der Waals surface area contributed by atoms with E-state index in [2.05, 4.69) is 16.2 Å². The number of sulfonamides is 1. The first kappa shape index (κ1) is 12.7. The highest BCUT2D eigenvalue weighted by molar-refractivity contribution is 7.93. The third-order valence-corrected chi connectivity index (χ3v) is 3.57. The summed E-state index contributed by atoms with van der Waals surface area (Å²) in [7, 11) is -3.49. The van der Waals surface area contributed by atoms with E-state index in [9.17, 15) is 8.42 Å². The molecule has 0 atom stereocenters. The molecule has 0 amide bonds. The highest BCUT2D eigenvalue weighted by Crippen LogP contribution is 1.99. The van der Waals surface area contributed by atoms with Crippen molar-refractivity contribution in [1.82, 2.24) is 9.29 Å². The molecular weight excluding hydrogens is 224 g/mol. The van der Waals surface area contributed by atoms with E-state index in [0.717, 1.165) is 0 Å². The Kier molecular flexibility index (Phi) is 4.47. The maximum absolute atomic E-state index is 11.7. The fourth-order valence-electron chi connectivity index (χ4n) is 1.18. The van der Waals surface area contributed by atoms with Gasteiger partial charge in [-0.3, -0.25) is 0 Å². The number of rotatable bonds is 3. The molecule has 0 saturated heterocycles. The third-order valence-electron chi connectivity index (χ3n) is 2.02. The Morgan fingerprint density at radius 1 is 1.31 bits per heavy atom. The van der Waals surface area contributed by atoms with Crippen LogP contribution in [0.3, 0.4) is 0 Å². The molecule has 0 bridgehead atoms. The van der Waals surface area contributed by atoms with E-state index in [1.807, 2.05) is 0 Å². The van der Waals surface area contributed by atoms with Crippen molar-refractivity contribution in [3.05, 3.63) is 30.1 Å². The van der Waals surface area contributed by atoms with Crippen LogP contribution in [0.2, 0.25) is 0 Å². The molecule has 0 aliphatic heterocycles. The fourth-order valence-corrected chi connectivity index (χ4v) is 2.22. The Morgan fingerprint density at radius 3 is 2.50 bits per heavy atom. The van der Waals surface area contributed by atoms with Crippen LogP contribution in [0.5, 0.6) is 0 Å². The molecule has 0 radical (unpaired) electrons. The Hall–Kier alpha value is -1.38. The summed E-state index contributed by atoms with van der Waals surface area (Å²) >= 11 is 0. The second-order valence-corrected chi connectivity index (χ2v) is 4.70. The molecule has 0 saturated carbocycles. The minimum atomic E-state index is -3.49. The highest BCUT2D eigenvalue weighted by Gasteiger charge is 2.14. The van der Waals surface area contributed by atoms with Crippen molar-refractivity contribution in [2.75, 3.05) is 13.1 Å². The van der Waals surface area contributed by atoms with Gasteiger partial charge in [0.1, 0.15) is 5.69 Å². The Balaban J connectivity index is 2.93. The zero-order valence-electron chi connectivity index (χ0n) is 9.34. The number of aromatic nitrogens is 1. The van der Waals surface area contributed by atoms with E-state index in [4.69, 9.17) is 0 Å². The first-order chi connectivity index (χ1) is 7.60. The molecule has 86 valence electrons. The van der Waals surface area contributed by atoms with Crippen molar-refractivity contribution in [3.63, 3.8) is 0 Å². The van der Waals surface area contributed by atoms with E-state index in [-0.39, 0.29) is 0 Å². The number of nitrogens with zero attached hydrogens (tertiary/aromatic N) is 2. The molecule has 1 aromatic heterocycles. The van der Waals surface area contributed by atoms with Crippen LogP contribution in [0.15, 0.2) is 24.4 Å². The Morgan fingerprint density at radius 2 is 2.00 bits per heavy atom. The molecule has 16 heavy (non-hydrogen) atoms. The number of hydrogen-bond acceptors (Lipinski definition) is 3. The Bertz CT molecular complexity index is 482. The maximum Gasteiger partial charge on any atom is 0.283 e. The van der Waals surface area contributed by atoms with Crippen LogP contribution in [0, 0.1) is 11.2 Å². The quantitative estimate of drug-likeness (QED) is 0.740. The first-order valence-electron chi connectivity index (χ1n) is 5.04. The van der Waals surface area contributed by atoms with Crippen molar-refractivity contribution >= 4 is 10.0 Å². The van der Waals surface area contributed by atoms with Gasteiger partial charge in [0.05, 0.1) is 5.25 Å². The molecule has 0 aromatic carbocycles. The molecule has 0 spiro atoms. The van der Waals surface area contributed by atoms with Crippen LogP contribution >= 0.6 is 0 Å². The van der Waals surface area contributed by atoms with Gasteiger partial charge in [0.15, 0.2) is 0 Å². The lowest BCUT2D eigenvalue weighted by atomic mass is 10.4. The lowest BCUT2D eigenvalue weighted by Gasteiger charge is -2.13. The van der Waals surface area contributed by atoms with Crippen molar-refractivity contribution in [1.29, 1.82) is 0 Å². The summed E-state index contributed by atoms with van der Waals surface area (Å²) < 4.78 is 24.7. The normalized spacial score (nSPS) is 10.9. The van der Waals surface area contributed by atoms with Gasteiger partial charge in [0.25, 0.3) is 10.0 Å². The molecule has 5 heteroatoms. The van der Waals surface area contributed by atoms with Crippen LogP contribution in [-0.2, 0) is 10.0 Å².